The topological polar surface area (TPSA) is 32.3 Å². The number of likely N-dealkylation sites (N-methyl/N-ethyl adjacent to an activating group) is 1. The van der Waals surface area contributed by atoms with Crippen LogP contribution in [0.15, 0.2) is 30.4 Å². The van der Waals surface area contributed by atoms with Gasteiger partial charge in [0.1, 0.15) is 0 Å². The fraction of sp³-hybridized carbons (Fsp3) is 0.500. The predicted molar refractivity (Wildman–Crippen MR) is 95.9 cm³/mol. The molecule has 4 heteroatoms. The van der Waals surface area contributed by atoms with Crippen LogP contribution in [-0.4, -0.2) is 30.4 Å². The van der Waals surface area contributed by atoms with Gasteiger partial charge < -0.3 is 5.32 Å². The zero-order valence-corrected chi connectivity index (χ0v) is 14.5. The normalized spacial score (nSPS) is 12.7. The number of fused-ring (bicyclic) bond motifs is 1. The molecule has 0 heterocycles. The second-order valence-electron chi connectivity index (χ2n) is 5.96. The van der Waals surface area contributed by atoms with E-state index in [2.05, 4.69) is 35.9 Å². The van der Waals surface area contributed by atoms with Crippen molar-refractivity contribution in [1.82, 2.24) is 4.90 Å². The van der Waals surface area contributed by atoms with Crippen molar-refractivity contribution in [3.63, 3.8) is 0 Å². The van der Waals surface area contributed by atoms with Crippen molar-refractivity contribution < 1.29 is 4.79 Å². The van der Waals surface area contributed by atoms with Gasteiger partial charge in [-0.15, -0.1) is 12.4 Å². The van der Waals surface area contributed by atoms with E-state index >= 15 is 0 Å². The van der Waals surface area contributed by atoms with Gasteiger partial charge in [0.05, 0.1) is 0 Å². The third-order valence-corrected chi connectivity index (χ3v) is 3.98. The van der Waals surface area contributed by atoms with Crippen molar-refractivity contribution in [2.45, 2.75) is 39.5 Å². The summed E-state index contributed by atoms with van der Waals surface area (Å²) >= 11 is 0. The van der Waals surface area contributed by atoms with Crippen molar-refractivity contribution >= 4 is 24.0 Å². The van der Waals surface area contributed by atoms with Crippen LogP contribution in [0.1, 0.15) is 37.8 Å². The Labute approximate surface area is 140 Å². The molecule has 0 saturated carbocycles. The van der Waals surface area contributed by atoms with Gasteiger partial charge in [-0.25, -0.2) is 0 Å². The van der Waals surface area contributed by atoms with Crippen molar-refractivity contribution in [2.24, 2.45) is 0 Å². The molecule has 0 spiro atoms. The molecule has 1 aliphatic carbocycles. The first kappa shape index (κ1) is 18.7. The number of anilines is 1. The van der Waals surface area contributed by atoms with E-state index < -0.39 is 0 Å². The second kappa shape index (κ2) is 8.96. The summed E-state index contributed by atoms with van der Waals surface area (Å²) in [5, 5.41) is 3.02. The van der Waals surface area contributed by atoms with Crippen molar-refractivity contribution in [2.75, 3.05) is 25.0 Å². The van der Waals surface area contributed by atoms with Crippen LogP contribution in [0.25, 0.3) is 0 Å². The Kier molecular flexibility index (Phi) is 7.63. The van der Waals surface area contributed by atoms with Crippen LogP contribution >= 0.6 is 12.4 Å². The van der Waals surface area contributed by atoms with Gasteiger partial charge in [0.25, 0.3) is 0 Å². The molecule has 1 amide bonds. The molecule has 0 aliphatic heterocycles. The molecular formula is C18H27ClN2O. The molecule has 122 valence electrons. The van der Waals surface area contributed by atoms with Crippen molar-refractivity contribution in [1.29, 1.82) is 0 Å². The maximum atomic E-state index is 12.1. The minimum absolute atomic E-state index is 0. The summed E-state index contributed by atoms with van der Waals surface area (Å²) in [7, 11) is 0. The van der Waals surface area contributed by atoms with Crippen molar-refractivity contribution in [3.05, 3.63) is 41.5 Å². The standard InChI is InChI=1S/C18H26N2O.ClH/c1-4-20(13-14(2)3)11-10-18(21)19-17-9-8-15-6-5-7-16(15)12-17;/h8-9,12H,2,4-7,10-11,13H2,1,3H3,(H,19,21);1H. The number of hydrogen-bond acceptors (Lipinski definition) is 2. The molecule has 0 aromatic heterocycles. The van der Waals surface area contributed by atoms with E-state index in [0.29, 0.717) is 6.42 Å². The van der Waals surface area contributed by atoms with Crippen LogP contribution in [0.4, 0.5) is 5.69 Å². The highest BCUT2D eigenvalue weighted by Gasteiger charge is 2.12. The lowest BCUT2D eigenvalue weighted by Gasteiger charge is -2.20. The van der Waals surface area contributed by atoms with Crippen LogP contribution in [0, 0.1) is 0 Å². The van der Waals surface area contributed by atoms with Gasteiger partial charge >= 0.3 is 0 Å². The van der Waals surface area contributed by atoms with Crippen LogP contribution in [0.5, 0.6) is 0 Å². The minimum atomic E-state index is 0. The molecule has 1 N–H and O–H groups in total. The zero-order chi connectivity index (χ0) is 15.2. The number of halogens is 1. The SMILES string of the molecule is C=C(C)CN(CC)CCC(=O)Nc1ccc2c(c1)CCC2.Cl. The van der Waals surface area contributed by atoms with Gasteiger partial charge in [-0.05, 0) is 56.0 Å². The average Bonchev–Trinajstić information content (AvgIpc) is 2.90. The first-order chi connectivity index (χ1) is 10.1. The van der Waals surface area contributed by atoms with E-state index in [1.807, 2.05) is 13.0 Å². The molecule has 0 unspecified atom stereocenters. The van der Waals surface area contributed by atoms with E-state index in [-0.39, 0.29) is 18.3 Å². The number of carbonyl (C=O) groups excluding carboxylic acids is 1. The molecule has 0 radical (unpaired) electrons. The lowest BCUT2D eigenvalue weighted by Crippen LogP contribution is -2.29. The number of rotatable bonds is 7. The highest BCUT2D eigenvalue weighted by atomic mass is 35.5. The van der Waals surface area contributed by atoms with Crippen LogP contribution in [-0.2, 0) is 17.6 Å². The van der Waals surface area contributed by atoms with Crippen LogP contribution in [0.2, 0.25) is 0 Å². The molecular weight excluding hydrogens is 296 g/mol. The van der Waals surface area contributed by atoms with Crippen LogP contribution in [0.3, 0.4) is 0 Å². The number of hydrogen-bond donors (Lipinski definition) is 1. The lowest BCUT2D eigenvalue weighted by atomic mass is 10.1. The predicted octanol–water partition coefficient (Wildman–Crippen LogP) is 3.82. The largest absolute Gasteiger partial charge is 0.326 e. The van der Waals surface area contributed by atoms with Crippen molar-refractivity contribution in [3.8, 4) is 0 Å². The monoisotopic (exact) mass is 322 g/mol. The minimum Gasteiger partial charge on any atom is -0.326 e. The Bertz CT molecular complexity index is 528. The fourth-order valence-corrected chi connectivity index (χ4v) is 2.86. The molecule has 1 aliphatic rings. The fourth-order valence-electron chi connectivity index (χ4n) is 2.86. The molecule has 0 bridgehead atoms. The third-order valence-electron chi connectivity index (χ3n) is 3.98. The summed E-state index contributed by atoms with van der Waals surface area (Å²) in [4.78, 5) is 14.3. The number of benzene rings is 1. The maximum Gasteiger partial charge on any atom is 0.225 e. The van der Waals surface area contributed by atoms with Gasteiger partial charge in [0, 0.05) is 25.2 Å². The van der Waals surface area contributed by atoms with E-state index in [9.17, 15) is 4.79 Å². The van der Waals surface area contributed by atoms with Gasteiger partial charge in [0.2, 0.25) is 5.91 Å². The quantitative estimate of drug-likeness (QED) is 0.774. The number of nitrogens with one attached hydrogen (secondary N) is 1. The number of aryl methyl sites for hydroxylation is 2. The number of amides is 1. The summed E-state index contributed by atoms with van der Waals surface area (Å²) < 4.78 is 0. The summed E-state index contributed by atoms with van der Waals surface area (Å²) in [6.07, 6.45) is 4.08. The first-order valence-electron chi connectivity index (χ1n) is 7.87. The Morgan fingerprint density at radius 2 is 2.05 bits per heavy atom. The first-order valence-corrected chi connectivity index (χ1v) is 7.87. The summed E-state index contributed by atoms with van der Waals surface area (Å²) in [5.74, 6) is 0.0908. The molecule has 0 atom stereocenters. The smallest absolute Gasteiger partial charge is 0.225 e. The Morgan fingerprint density at radius 3 is 2.73 bits per heavy atom. The highest BCUT2D eigenvalue weighted by molar-refractivity contribution is 5.91. The summed E-state index contributed by atoms with van der Waals surface area (Å²) in [6.45, 7) is 10.6. The Morgan fingerprint density at radius 1 is 1.32 bits per heavy atom. The molecule has 0 saturated heterocycles. The molecule has 1 aromatic carbocycles. The summed E-state index contributed by atoms with van der Waals surface area (Å²) in [6, 6.07) is 6.30. The number of nitrogens with zero attached hydrogens (tertiary/aromatic N) is 1. The Hall–Kier alpha value is -1.32. The maximum absolute atomic E-state index is 12.1. The molecule has 0 fully saturated rings. The number of carbonyl (C=O) groups is 1. The van der Waals surface area contributed by atoms with E-state index in [0.717, 1.165) is 37.3 Å². The van der Waals surface area contributed by atoms with Crippen LogP contribution < -0.4 is 5.32 Å². The third kappa shape index (κ3) is 5.47. The molecule has 1 aromatic rings. The molecule has 3 nitrogen and oxygen atoms in total. The van der Waals surface area contributed by atoms with Gasteiger partial charge in [-0.1, -0.05) is 25.1 Å². The van der Waals surface area contributed by atoms with Gasteiger partial charge in [0.15, 0.2) is 0 Å². The van der Waals surface area contributed by atoms with Gasteiger partial charge in [-0.2, -0.15) is 0 Å². The zero-order valence-electron chi connectivity index (χ0n) is 13.7. The van der Waals surface area contributed by atoms with E-state index in [1.54, 1.807) is 0 Å². The molecule has 22 heavy (non-hydrogen) atoms. The van der Waals surface area contributed by atoms with Gasteiger partial charge in [-0.3, -0.25) is 9.69 Å². The Balaban J connectivity index is 0.00000242. The second-order valence-corrected chi connectivity index (χ2v) is 5.96. The lowest BCUT2D eigenvalue weighted by molar-refractivity contribution is -0.116. The molecule has 2 rings (SSSR count). The van der Waals surface area contributed by atoms with E-state index in [4.69, 9.17) is 0 Å². The average molecular weight is 323 g/mol. The van der Waals surface area contributed by atoms with E-state index in [1.165, 1.54) is 24.0 Å². The summed E-state index contributed by atoms with van der Waals surface area (Å²) in [5.41, 5.74) is 4.90. The highest BCUT2D eigenvalue weighted by Crippen LogP contribution is 2.24.